The minimum Gasteiger partial charge on any atom is -0.478 e. The monoisotopic (exact) mass is 333 g/mol. The molecular formula is C17H20FN3O3. The van der Waals surface area contributed by atoms with Crippen molar-refractivity contribution in [3.05, 3.63) is 52.1 Å². The average molecular weight is 333 g/mol. The Morgan fingerprint density at radius 1 is 1.33 bits per heavy atom. The SMILES string of the molecule is CCOc1cc(=O)c(C(=O)NC(C)CC)nn1-c1ccc(F)cc1. The molecule has 0 aliphatic rings. The number of aromatic nitrogens is 2. The zero-order valence-electron chi connectivity index (χ0n) is 13.9. The molecule has 0 saturated carbocycles. The van der Waals surface area contributed by atoms with Gasteiger partial charge in [0.25, 0.3) is 5.91 Å². The zero-order chi connectivity index (χ0) is 17.7. The number of nitrogens with zero attached hydrogens (tertiary/aromatic N) is 2. The average Bonchev–Trinajstić information content (AvgIpc) is 2.56. The molecule has 1 atom stereocenters. The molecule has 24 heavy (non-hydrogen) atoms. The van der Waals surface area contributed by atoms with Crippen molar-refractivity contribution in [1.29, 1.82) is 0 Å². The molecule has 1 aromatic heterocycles. The topological polar surface area (TPSA) is 73.2 Å². The van der Waals surface area contributed by atoms with Crippen molar-refractivity contribution in [2.24, 2.45) is 0 Å². The van der Waals surface area contributed by atoms with E-state index in [0.717, 1.165) is 6.42 Å². The van der Waals surface area contributed by atoms with Crippen LogP contribution in [0.1, 0.15) is 37.7 Å². The van der Waals surface area contributed by atoms with E-state index in [9.17, 15) is 14.0 Å². The molecule has 0 aliphatic heterocycles. The Bertz CT molecular complexity index is 772. The van der Waals surface area contributed by atoms with Gasteiger partial charge in [-0.1, -0.05) is 6.92 Å². The minimum atomic E-state index is -0.548. The lowest BCUT2D eigenvalue weighted by molar-refractivity contribution is 0.0931. The number of amides is 1. The first-order valence-electron chi connectivity index (χ1n) is 7.80. The molecule has 0 saturated heterocycles. The summed E-state index contributed by atoms with van der Waals surface area (Å²) in [6, 6.07) is 6.65. The van der Waals surface area contributed by atoms with Crippen LogP contribution in [0, 0.1) is 5.82 Å². The van der Waals surface area contributed by atoms with Gasteiger partial charge in [0, 0.05) is 6.04 Å². The lowest BCUT2D eigenvalue weighted by Crippen LogP contribution is -2.36. The molecule has 0 aliphatic carbocycles. The predicted molar refractivity (Wildman–Crippen MR) is 88.2 cm³/mol. The zero-order valence-corrected chi connectivity index (χ0v) is 13.9. The van der Waals surface area contributed by atoms with Gasteiger partial charge in [-0.2, -0.15) is 5.10 Å². The second-order valence-corrected chi connectivity index (χ2v) is 5.30. The lowest BCUT2D eigenvalue weighted by atomic mass is 10.2. The van der Waals surface area contributed by atoms with Crippen molar-refractivity contribution < 1.29 is 13.9 Å². The Morgan fingerprint density at radius 2 is 2.00 bits per heavy atom. The Kier molecular flexibility index (Phi) is 5.68. The van der Waals surface area contributed by atoms with E-state index in [1.165, 1.54) is 35.0 Å². The van der Waals surface area contributed by atoms with Crippen LogP contribution >= 0.6 is 0 Å². The molecule has 6 nitrogen and oxygen atoms in total. The number of benzene rings is 1. The van der Waals surface area contributed by atoms with Gasteiger partial charge in [-0.15, -0.1) is 0 Å². The molecule has 128 valence electrons. The van der Waals surface area contributed by atoms with E-state index < -0.39 is 17.2 Å². The number of halogens is 1. The standard InChI is InChI=1S/C17H20FN3O3/c1-4-11(3)19-17(23)16-14(22)10-15(24-5-2)21(20-16)13-8-6-12(18)7-9-13/h6-11H,4-5H2,1-3H3,(H,19,23). The maximum atomic E-state index is 13.1. The molecule has 1 N–H and O–H groups in total. The lowest BCUT2D eigenvalue weighted by Gasteiger charge is -2.15. The molecule has 1 aromatic carbocycles. The van der Waals surface area contributed by atoms with Crippen molar-refractivity contribution >= 4 is 5.91 Å². The van der Waals surface area contributed by atoms with E-state index in [-0.39, 0.29) is 17.6 Å². The molecular weight excluding hydrogens is 313 g/mol. The number of rotatable bonds is 6. The summed E-state index contributed by atoms with van der Waals surface area (Å²) < 4.78 is 19.9. The molecule has 1 heterocycles. The highest BCUT2D eigenvalue weighted by Gasteiger charge is 2.18. The van der Waals surface area contributed by atoms with Gasteiger partial charge >= 0.3 is 0 Å². The minimum absolute atomic E-state index is 0.0791. The molecule has 0 spiro atoms. The van der Waals surface area contributed by atoms with Crippen molar-refractivity contribution in [3.63, 3.8) is 0 Å². The number of carbonyl (C=O) groups excluding carboxylic acids is 1. The van der Waals surface area contributed by atoms with Gasteiger partial charge in [-0.3, -0.25) is 9.59 Å². The normalized spacial score (nSPS) is 11.8. The highest BCUT2D eigenvalue weighted by molar-refractivity contribution is 5.92. The second kappa shape index (κ2) is 7.72. The van der Waals surface area contributed by atoms with Crippen LogP contribution < -0.4 is 15.5 Å². The van der Waals surface area contributed by atoms with Gasteiger partial charge in [0.05, 0.1) is 18.4 Å². The number of carbonyl (C=O) groups is 1. The summed E-state index contributed by atoms with van der Waals surface area (Å²) >= 11 is 0. The van der Waals surface area contributed by atoms with Crippen molar-refractivity contribution in [3.8, 4) is 11.6 Å². The first-order valence-corrected chi connectivity index (χ1v) is 7.80. The fourth-order valence-corrected chi connectivity index (χ4v) is 2.01. The smallest absolute Gasteiger partial charge is 0.276 e. The first-order chi connectivity index (χ1) is 11.5. The Balaban J connectivity index is 2.51. The number of ether oxygens (including phenoxy) is 1. The molecule has 7 heteroatoms. The molecule has 0 radical (unpaired) electrons. The van der Waals surface area contributed by atoms with Crippen molar-refractivity contribution in [2.45, 2.75) is 33.2 Å². The fraction of sp³-hybridized carbons (Fsp3) is 0.353. The third-order valence-electron chi connectivity index (χ3n) is 3.47. The summed E-state index contributed by atoms with van der Waals surface area (Å²) in [5, 5.41) is 6.83. The van der Waals surface area contributed by atoms with Crippen LogP contribution in [0.3, 0.4) is 0 Å². The molecule has 2 aromatic rings. The molecule has 0 fully saturated rings. The van der Waals surface area contributed by atoms with E-state index in [0.29, 0.717) is 12.3 Å². The highest BCUT2D eigenvalue weighted by Crippen LogP contribution is 2.16. The van der Waals surface area contributed by atoms with Crippen LogP contribution in [0.2, 0.25) is 0 Å². The second-order valence-electron chi connectivity index (χ2n) is 5.30. The molecule has 1 amide bonds. The highest BCUT2D eigenvalue weighted by atomic mass is 19.1. The number of nitrogens with one attached hydrogen (secondary N) is 1. The summed E-state index contributed by atoms with van der Waals surface area (Å²) in [6.07, 6.45) is 0.731. The van der Waals surface area contributed by atoms with Gasteiger partial charge in [0.2, 0.25) is 11.3 Å². The molecule has 0 bridgehead atoms. The Morgan fingerprint density at radius 3 is 2.58 bits per heavy atom. The van der Waals surface area contributed by atoms with Crippen LogP contribution in [0.5, 0.6) is 5.88 Å². The summed E-state index contributed by atoms with van der Waals surface area (Å²) in [6.45, 7) is 5.85. The van der Waals surface area contributed by atoms with Gasteiger partial charge in [0.15, 0.2) is 5.69 Å². The number of hydrogen-bond acceptors (Lipinski definition) is 4. The Labute approximate surface area is 139 Å². The van der Waals surface area contributed by atoms with E-state index in [2.05, 4.69) is 10.4 Å². The summed E-state index contributed by atoms with van der Waals surface area (Å²) in [5.41, 5.74) is -0.280. The predicted octanol–water partition coefficient (Wildman–Crippen LogP) is 2.30. The fourth-order valence-electron chi connectivity index (χ4n) is 2.01. The quantitative estimate of drug-likeness (QED) is 0.880. The third-order valence-corrected chi connectivity index (χ3v) is 3.47. The molecule has 1 unspecified atom stereocenters. The summed E-state index contributed by atoms with van der Waals surface area (Å²) in [4.78, 5) is 24.4. The summed E-state index contributed by atoms with van der Waals surface area (Å²) in [5.74, 6) is -0.755. The maximum absolute atomic E-state index is 13.1. The van der Waals surface area contributed by atoms with Gasteiger partial charge < -0.3 is 10.1 Å². The van der Waals surface area contributed by atoms with Gasteiger partial charge in [-0.05, 0) is 44.5 Å². The first kappa shape index (κ1) is 17.7. The van der Waals surface area contributed by atoms with Crippen molar-refractivity contribution in [1.82, 2.24) is 15.1 Å². The number of hydrogen-bond donors (Lipinski definition) is 1. The molecule has 2 rings (SSSR count). The van der Waals surface area contributed by atoms with Crippen LogP contribution in [0.15, 0.2) is 35.1 Å². The van der Waals surface area contributed by atoms with E-state index >= 15 is 0 Å². The third kappa shape index (κ3) is 3.98. The van der Waals surface area contributed by atoms with Crippen LogP contribution in [-0.2, 0) is 0 Å². The van der Waals surface area contributed by atoms with E-state index in [1.807, 2.05) is 13.8 Å². The van der Waals surface area contributed by atoms with Gasteiger partial charge in [-0.25, -0.2) is 9.07 Å². The van der Waals surface area contributed by atoms with Gasteiger partial charge in [0.1, 0.15) is 5.82 Å². The Hall–Kier alpha value is -2.70. The van der Waals surface area contributed by atoms with E-state index in [1.54, 1.807) is 6.92 Å². The van der Waals surface area contributed by atoms with Crippen molar-refractivity contribution in [2.75, 3.05) is 6.61 Å². The van der Waals surface area contributed by atoms with Crippen LogP contribution in [0.4, 0.5) is 4.39 Å². The van der Waals surface area contributed by atoms with Crippen LogP contribution in [0.25, 0.3) is 5.69 Å². The van der Waals surface area contributed by atoms with Crippen LogP contribution in [-0.4, -0.2) is 28.3 Å². The largest absolute Gasteiger partial charge is 0.478 e. The van der Waals surface area contributed by atoms with E-state index in [4.69, 9.17) is 4.74 Å². The summed E-state index contributed by atoms with van der Waals surface area (Å²) in [7, 11) is 0. The maximum Gasteiger partial charge on any atom is 0.276 e.